The zero-order valence-electron chi connectivity index (χ0n) is 19.9. The molecule has 2 heteroatoms. The highest BCUT2D eigenvalue weighted by molar-refractivity contribution is 5.73. The Morgan fingerprint density at radius 1 is 1.27 bits per heavy atom. The monoisotopic (exact) mass is 404 g/mol. The molecule has 3 rings (SSSR count). The number of rotatable bonds is 8. The lowest BCUT2D eigenvalue weighted by molar-refractivity contribution is 0.376. The average Bonchev–Trinajstić information content (AvgIpc) is 3.06. The van der Waals surface area contributed by atoms with E-state index in [4.69, 9.17) is 4.98 Å². The first kappa shape index (κ1) is 22.6. The molecule has 1 aliphatic heterocycles. The molecule has 0 spiro atoms. The zero-order chi connectivity index (χ0) is 21.9. The quantitative estimate of drug-likeness (QED) is 0.411. The molecule has 0 radical (unpaired) electrons. The van der Waals surface area contributed by atoms with Crippen LogP contribution >= 0.6 is 0 Å². The molecule has 1 unspecified atom stereocenters. The molecule has 0 amide bonds. The summed E-state index contributed by atoms with van der Waals surface area (Å²) in [5.41, 5.74) is 8.74. The third-order valence-corrected chi connectivity index (χ3v) is 6.76. The van der Waals surface area contributed by atoms with Crippen LogP contribution in [0, 0.1) is 5.41 Å². The minimum atomic E-state index is 0.419. The summed E-state index contributed by atoms with van der Waals surface area (Å²) >= 11 is 0. The minimum absolute atomic E-state index is 0.419. The largest absolute Gasteiger partial charge is 0.349 e. The maximum atomic E-state index is 5.05. The lowest BCUT2D eigenvalue weighted by Gasteiger charge is -2.28. The second-order valence-corrected chi connectivity index (χ2v) is 10.2. The van der Waals surface area contributed by atoms with Gasteiger partial charge in [0.15, 0.2) is 0 Å². The summed E-state index contributed by atoms with van der Waals surface area (Å²) in [7, 11) is 2.11. The Kier molecular flexibility index (Phi) is 7.06. The Balaban J connectivity index is 1.94. The number of unbranched alkanes of at least 4 members (excludes halogenated alkanes) is 3. The predicted octanol–water partition coefficient (Wildman–Crippen LogP) is 7.80. The number of allylic oxidation sites excluding steroid dienone is 4. The van der Waals surface area contributed by atoms with Gasteiger partial charge in [-0.25, -0.2) is 0 Å². The fraction of sp³-hybridized carbons (Fsp3) is 0.536. The van der Waals surface area contributed by atoms with Gasteiger partial charge in [-0.2, -0.15) is 0 Å². The fourth-order valence-electron chi connectivity index (χ4n) is 4.96. The molecule has 30 heavy (non-hydrogen) atoms. The van der Waals surface area contributed by atoms with Crippen molar-refractivity contribution in [3.8, 4) is 0 Å². The minimum Gasteiger partial charge on any atom is -0.349 e. The van der Waals surface area contributed by atoms with Crippen molar-refractivity contribution in [1.29, 1.82) is 0 Å². The van der Waals surface area contributed by atoms with Crippen LogP contribution in [-0.2, 0) is 6.42 Å². The van der Waals surface area contributed by atoms with Gasteiger partial charge in [0.1, 0.15) is 0 Å². The summed E-state index contributed by atoms with van der Waals surface area (Å²) in [4.78, 5) is 7.25. The van der Waals surface area contributed by atoms with E-state index in [1.54, 1.807) is 0 Å². The molecule has 1 atom stereocenters. The second-order valence-electron chi connectivity index (χ2n) is 10.2. The van der Waals surface area contributed by atoms with Crippen LogP contribution in [0.15, 0.2) is 54.4 Å². The van der Waals surface area contributed by atoms with Gasteiger partial charge in [-0.3, -0.25) is 4.98 Å². The van der Waals surface area contributed by atoms with Gasteiger partial charge in [-0.05, 0) is 84.3 Å². The van der Waals surface area contributed by atoms with Crippen molar-refractivity contribution in [2.45, 2.75) is 85.0 Å². The van der Waals surface area contributed by atoms with Gasteiger partial charge in [0, 0.05) is 19.4 Å². The summed E-state index contributed by atoms with van der Waals surface area (Å²) in [6, 6.07) is 2.47. The molecule has 162 valence electrons. The number of hydrogen-bond acceptors (Lipinski definition) is 2. The molecular weight excluding hydrogens is 364 g/mol. The third-order valence-electron chi connectivity index (χ3n) is 6.76. The van der Waals surface area contributed by atoms with Gasteiger partial charge in [-0.1, -0.05) is 59.3 Å². The van der Waals surface area contributed by atoms with Gasteiger partial charge < -0.3 is 4.90 Å². The van der Waals surface area contributed by atoms with Crippen molar-refractivity contribution in [2.24, 2.45) is 5.41 Å². The SMILES string of the molecule is C=C(C)C1=CN(C)C(c2ncc(CCCCCC)cc2C2CCC(C)(C)C2)=CC1=C. The normalized spacial score (nSPS) is 20.9. The van der Waals surface area contributed by atoms with E-state index in [0.717, 1.165) is 34.5 Å². The predicted molar refractivity (Wildman–Crippen MR) is 130 cm³/mol. The van der Waals surface area contributed by atoms with E-state index in [-0.39, 0.29) is 0 Å². The number of nitrogens with zero attached hydrogens (tertiary/aromatic N) is 2. The fourth-order valence-corrected chi connectivity index (χ4v) is 4.96. The molecule has 0 aromatic carbocycles. The first-order valence-electron chi connectivity index (χ1n) is 11.7. The Labute approximate surface area is 184 Å². The highest BCUT2D eigenvalue weighted by Crippen LogP contribution is 2.48. The van der Waals surface area contributed by atoms with Crippen molar-refractivity contribution in [1.82, 2.24) is 9.88 Å². The number of pyridine rings is 1. The Morgan fingerprint density at radius 3 is 2.67 bits per heavy atom. The smallest absolute Gasteiger partial charge is 0.0901 e. The van der Waals surface area contributed by atoms with Crippen molar-refractivity contribution < 1.29 is 0 Å². The van der Waals surface area contributed by atoms with Gasteiger partial charge in [-0.15, -0.1) is 0 Å². The van der Waals surface area contributed by atoms with E-state index >= 15 is 0 Å². The second kappa shape index (κ2) is 9.37. The van der Waals surface area contributed by atoms with E-state index < -0.39 is 0 Å². The van der Waals surface area contributed by atoms with E-state index in [1.807, 2.05) is 6.92 Å². The summed E-state index contributed by atoms with van der Waals surface area (Å²) in [5, 5.41) is 0. The summed E-state index contributed by atoms with van der Waals surface area (Å²) in [6.45, 7) is 17.5. The van der Waals surface area contributed by atoms with Gasteiger partial charge in [0.25, 0.3) is 0 Å². The third kappa shape index (κ3) is 5.14. The van der Waals surface area contributed by atoms with Gasteiger partial charge in [0.05, 0.1) is 11.4 Å². The molecule has 0 bridgehead atoms. The van der Waals surface area contributed by atoms with Gasteiger partial charge in [0.2, 0.25) is 0 Å². The van der Waals surface area contributed by atoms with E-state index in [0.29, 0.717) is 11.3 Å². The molecule has 2 aliphatic rings. The molecule has 1 fully saturated rings. The summed E-state index contributed by atoms with van der Waals surface area (Å²) in [5.74, 6) is 0.590. The van der Waals surface area contributed by atoms with Gasteiger partial charge >= 0.3 is 0 Å². The molecule has 1 aromatic heterocycles. The molecule has 1 aliphatic carbocycles. The molecule has 0 saturated heterocycles. The van der Waals surface area contributed by atoms with Crippen molar-refractivity contribution in [3.05, 3.63) is 71.2 Å². The molecule has 1 aromatic rings. The molecular formula is C28H40N2. The maximum absolute atomic E-state index is 5.05. The highest BCUT2D eigenvalue weighted by atomic mass is 15.1. The lowest BCUT2D eigenvalue weighted by Crippen LogP contribution is -2.18. The van der Waals surface area contributed by atoms with Crippen molar-refractivity contribution in [3.63, 3.8) is 0 Å². The molecule has 0 N–H and O–H groups in total. The molecule has 1 saturated carbocycles. The van der Waals surface area contributed by atoms with Crippen LogP contribution in [0.3, 0.4) is 0 Å². The topological polar surface area (TPSA) is 16.1 Å². The molecule has 2 nitrogen and oxygen atoms in total. The van der Waals surface area contributed by atoms with Crippen LogP contribution in [-0.4, -0.2) is 16.9 Å². The zero-order valence-corrected chi connectivity index (χ0v) is 19.9. The maximum Gasteiger partial charge on any atom is 0.0901 e. The Morgan fingerprint density at radius 2 is 2.03 bits per heavy atom. The Bertz CT molecular complexity index is 869. The Hall–Kier alpha value is -2.09. The summed E-state index contributed by atoms with van der Waals surface area (Å²) in [6.07, 6.45) is 16.6. The first-order chi connectivity index (χ1) is 14.2. The van der Waals surface area contributed by atoms with Crippen LogP contribution in [0.5, 0.6) is 0 Å². The first-order valence-corrected chi connectivity index (χ1v) is 11.7. The van der Waals surface area contributed by atoms with Crippen molar-refractivity contribution in [2.75, 3.05) is 7.05 Å². The standard InChI is InChI=1S/C28H40N2/c1-8-9-10-11-12-22-16-24(23-13-14-28(5,6)17-23)27(29-18-22)26-15-21(4)25(20(2)3)19-30(26)7/h15-16,18-19,23H,2,4,8-14,17H2,1,3,5-7H3. The van der Waals surface area contributed by atoms with Crippen LogP contribution in [0.2, 0.25) is 0 Å². The van der Waals surface area contributed by atoms with Crippen LogP contribution < -0.4 is 0 Å². The molecule has 2 heterocycles. The van der Waals surface area contributed by atoms with E-state index in [2.05, 4.69) is 70.4 Å². The van der Waals surface area contributed by atoms with Crippen molar-refractivity contribution >= 4 is 5.70 Å². The van der Waals surface area contributed by atoms with Crippen LogP contribution in [0.4, 0.5) is 0 Å². The summed E-state index contributed by atoms with van der Waals surface area (Å²) < 4.78 is 0. The lowest BCUT2D eigenvalue weighted by atomic mass is 9.86. The van der Waals surface area contributed by atoms with E-state index in [1.165, 1.54) is 56.1 Å². The van der Waals surface area contributed by atoms with Crippen LogP contribution in [0.1, 0.15) is 95.4 Å². The average molecular weight is 405 g/mol. The van der Waals surface area contributed by atoms with E-state index in [9.17, 15) is 0 Å². The number of aryl methyl sites for hydroxylation is 1. The van der Waals surface area contributed by atoms with Crippen LogP contribution in [0.25, 0.3) is 5.70 Å². The number of aromatic nitrogens is 1. The number of hydrogen-bond donors (Lipinski definition) is 0. The highest BCUT2D eigenvalue weighted by Gasteiger charge is 2.34.